The van der Waals surface area contributed by atoms with Crippen molar-refractivity contribution >= 4 is 17.7 Å². The Morgan fingerprint density at radius 1 is 1.71 bits per heavy atom. The first kappa shape index (κ1) is 11.1. The van der Waals surface area contributed by atoms with Crippen LogP contribution < -0.4 is 0 Å². The van der Waals surface area contributed by atoms with Crippen molar-refractivity contribution < 1.29 is 14.1 Å². The van der Waals surface area contributed by atoms with E-state index in [1.165, 1.54) is 11.8 Å². The van der Waals surface area contributed by atoms with E-state index in [9.17, 15) is 4.79 Å². The summed E-state index contributed by atoms with van der Waals surface area (Å²) in [4.78, 5) is 10.9. The van der Waals surface area contributed by atoms with E-state index >= 15 is 0 Å². The van der Waals surface area contributed by atoms with E-state index in [1.807, 2.05) is 13.0 Å². The van der Waals surface area contributed by atoms with Gasteiger partial charge in [-0.3, -0.25) is 4.79 Å². The van der Waals surface area contributed by atoms with Gasteiger partial charge in [0.2, 0.25) is 0 Å². The number of esters is 1. The Labute approximate surface area is 87.0 Å². The van der Waals surface area contributed by atoms with Gasteiger partial charge in [0.25, 0.3) is 0 Å². The summed E-state index contributed by atoms with van der Waals surface area (Å²) in [5, 5.41) is 3.75. The third kappa shape index (κ3) is 3.83. The molecule has 0 aliphatic heterocycles. The molecule has 0 amide bonds. The summed E-state index contributed by atoms with van der Waals surface area (Å²) in [5.41, 5.74) is 0.858. The van der Waals surface area contributed by atoms with Crippen molar-refractivity contribution in [3.05, 3.63) is 17.5 Å². The zero-order valence-electron chi connectivity index (χ0n) is 8.28. The molecule has 1 aromatic rings. The van der Waals surface area contributed by atoms with Crippen LogP contribution in [-0.2, 0) is 15.3 Å². The molecule has 0 atom stereocenters. The van der Waals surface area contributed by atoms with Gasteiger partial charge >= 0.3 is 5.97 Å². The first-order valence-electron chi connectivity index (χ1n) is 4.38. The molecule has 1 aromatic heterocycles. The van der Waals surface area contributed by atoms with E-state index < -0.39 is 0 Å². The molecule has 0 saturated carbocycles. The Kier molecular flexibility index (Phi) is 4.52. The predicted molar refractivity (Wildman–Crippen MR) is 54.0 cm³/mol. The highest BCUT2D eigenvalue weighted by Crippen LogP contribution is 2.12. The fraction of sp³-hybridized carbons (Fsp3) is 0.556. The van der Waals surface area contributed by atoms with E-state index in [0.717, 1.165) is 11.5 Å². The molecule has 0 N–H and O–H groups in total. The topological polar surface area (TPSA) is 52.3 Å². The smallest absolute Gasteiger partial charge is 0.315 e. The van der Waals surface area contributed by atoms with Gasteiger partial charge in [-0.25, -0.2) is 0 Å². The molecule has 0 fully saturated rings. The monoisotopic (exact) mass is 215 g/mol. The summed E-state index contributed by atoms with van der Waals surface area (Å²) < 4.78 is 9.76. The van der Waals surface area contributed by atoms with Crippen molar-refractivity contribution in [1.29, 1.82) is 0 Å². The van der Waals surface area contributed by atoms with Crippen LogP contribution in [0.2, 0.25) is 0 Å². The molecule has 0 spiro atoms. The van der Waals surface area contributed by atoms with Crippen molar-refractivity contribution in [2.45, 2.75) is 19.6 Å². The number of carbonyl (C=O) groups is 1. The van der Waals surface area contributed by atoms with Crippen LogP contribution in [0.25, 0.3) is 0 Å². The molecule has 0 aromatic carbocycles. The molecule has 0 radical (unpaired) electrons. The van der Waals surface area contributed by atoms with Crippen LogP contribution in [0.4, 0.5) is 0 Å². The summed E-state index contributed by atoms with van der Waals surface area (Å²) in [5.74, 6) is 1.61. The third-order valence-corrected chi connectivity index (χ3v) is 2.37. The van der Waals surface area contributed by atoms with Gasteiger partial charge in [0.15, 0.2) is 0 Å². The fourth-order valence-electron chi connectivity index (χ4n) is 0.922. The van der Waals surface area contributed by atoms with Crippen molar-refractivity contribution in [1.82, 2.24) is 5.16 Å². The Hall–Kier alpha value is -0.970. The highest BCUT2D eigenvalue weighted by molar-refractivity contribution is 7.99. The van der Waals surface area contributed by atoms with Crippen molar-refractivity contribution in [2.75, 3.05) is 12.4 Å². The van der Waals surface area contributed by atoms with E-state index in [0.29, 0.717) is 18.1 Å². The van der Waals surface area contributed by atoms with Gasteiger partial charge in [-0.2, -0.15) is 0 Å². The number of aryl methyl sites for hydroxylation is 1. The van der Waals surface area contributed by atoms with Gasteiger partial charge in [0.05, 0.1) is 23.8 Å². The molecule has 4 nitrogen and oxygen atoms in total. The average molecular weight is 215 g/mol. The second-order valence-corrected chi connectivity index (χ2v) is 3.72. The van der Waals surface area contributed by atoms with Crippen LogP contribution in [0, 0.1) is 6.92 Å². The van der Waals surface area contributed by atoms with E-state index in [1.54, 1.807) is 6.92 Å². The number of hydrogen-bond donors (Lipinski definition) is 0. The molecule has 0 saturated heterocycles. The summed E-state index contributed by atoms with van der Waals surface area (Å²) in [7, 11) is 0. The average Bonchev–Trinajstić information content (AvgIpc) is 2.52. The predicted octanol–water partition coefficient (Wildman–Crippen LogP) is 1.78. The summed E-state index contributed by atoms with van der Waals surface area (Å²) in [6.45, 7) is 4.09. The number of aromatic nitrogens is 1. The van der Waals surface area contributed by atoms with Gasteiger partial charge in [-0.15, -0.1) is 11.8 Å². The van der Waals surface area contributed by atoms with Crippen LogP contribution in [0.1, 0.15) is 18.4 Å². The van der Waals surface area contributed by atoms with Crippen molar-refractivity contribution in [3.8, 4) is 0 Å². The van der Waals surface area contributed by atoms with Crippen molar-refractivity contribution in [2.24, 2.45) is 0 Å². The Balaban J connectivity index is 2.18. The Morgan fingerprint density at radius 3 is 3.07 bits per heavy atom. The first-order chi connectivity index (χ1) is 6.72. The second-order valence-electron chi connectivity index (χ2n) is 2.73. The van der Waals surface area contributed by atoms with Crippen LogP contribution in [-0.4, -0.2) is 23.5 Å². The number of carbonyl (C=O) groups excluding carboxylic acids is 1. The van der Waals surface area contributed by atoms with E-state index in [-0.39, 0.29) is 5.97 Å². The van der Waals surface area contributed by atoms with E-state index in [4.69, 9.17) is 9.26 Å². The molecule has 5 heteroatoms. The summed E-state index contributed by atoms with van der Waals surface area (Å²) in [6.07, 6.45) is 0. The quantitative estimate of drug-likeness (QED) is 0.701. The maximum atomic E-state index is 10.9. The van der Waals surface area contributed by atoms with Gasteiger partial charge in [0, 0.05) is 6.07 Å². The summed E-state index contributed by atoms with van der Waals surface area (Å²) in [6, 6.07) is 1.86. The van der Waals surface area contributed by atoms with E-state index in [2.05, 4.69) is 5.16 Å². The SMILES string of the molecule is CCOC(=O)CSCc1cc(C)no1. The third-order valence-electron chi connectivity index (χ3n) is 1.45. The number of ether oxygens (including phenoxy) is 1. The standard InChI is InChI=1S/C9H13NO3S/c1-3-12-9(11)6-14-5-8-4-7(2)10-13-8/h4H,3,5-6H2,1-2H3. The number of hydrogen-bond acceptors (Lipinski definition) is 5. The molecular weight excluding hydrogens is 202 g/mol. The lowest BCUT2D eigenvalue weighted by molar-refractivity contribution is -0.139. The molecule has 78 valence electrons. The van der Waals surface area contributed by atoms with Gasteiger partial charge in [0.1, 0.15) is 5.76 Å². The largest absolute Gasteiger partial charge is 0.465 e. The fourth-order valence-corrected chi connectivity index (χ4v) is 1.61. The maximum absolute atomic E-state index is 10.9. The second kappa shape index (κ2) is 5.70. The number of nitrogens with zero attached hydrogens (tertiary/aromatic N) is 1. The minimum atomic E-state index is -0.186. The molecule has 1 heterocycles. The zero-order chi connectivity index (χ0) is 10.4. The first-order valence-corrected chi connectivity index (χ1v) is 5.53. The highest BCUT2D eigenvalue weighted by atomic mass is 32.2. The Bertz CT molecular complexity index is 298. The highest BCUT2D eigenvalue weighted by Gasteiger charge is 2.04. The van der Waals surface area contributed by atoms with Gasteiger partial charge < -0.3 is 9.26 Å². The lowest BCUT2D eigenvalue weighted by atomic mass is 10.4. The van der Waals surface area contributed by atoms with Crippen LogP contribution >= 0.6 is 11.8 Å². The van der Waals surface area contributed by atoms with Gasteiger partial charge in [-0.1, -0.05) is 5.16 Å². The number of rotatable bonds is 5. The molecular formula is C9H13NO3S. The Morgan fingerprint density at radius 2 is 2.50 bits per heavy atom. The summed E-state index contributed by atoms with van der Waals surface area (Å²) >= 11 is 1.46. The van der Waals surface area contributed by atoms with Crippen LogP contribution in [0.3, 0.4) is 0 Å². The minimum absolute atomic E-state index is 0.186. The minimum Gasteiger partial charge on any atom is -0.465 e. The van der Waals surface area contributed by atoms with Crippen LogP contribution in [0.15, 0.2) is 10.6 Å². The van der Waals surface area contributed by atoms with Gasteiger partial charge in [-0.05, 0) is 13.8 Å². The maximum Gasteiger partial charge on any atom is 0.315 e. The molecule has 1 rings (SSSR count). The normalized spacial score (nSPS) is 10.1. The molecule has 0 unspecified atom stereocenters. The van der Waals surface area contributed by atoms with Crippen molar-refractivity contribution in [3.63, 3.8) is 0 Å². The lowest BCUT2D eigenvalue weighted by Gasteiger charge is -1.99. The molecule has 0 aliphatic rings. The lowest BCUT2D eigenvalue weighted by Crippen LogP contribution is -2.06. The molecule has 14 heavy (non-hydrogen) atoms. The van der Waals surface area contributed by atoms with Crippen LogP contribution in [0.5, 0.6) is 0 Å². The number of thioether (sulfide) groups is 1. The molecule has 0 bridgehead atoms. The molecule has 0 aliphatic carbocycles. The zero-order valence-corrected chi connectivity index (χ0v) is 9.10.